The van der Waals surface area contributed by atoms with Gasteiger partial charge in [-0.1, -0.05) is 57.6 Å². The molecule has 26 heavy (non-hydrogen) atoms. The standard InChI is InChI=1S/C20H34O6/c1-2-3-6-9-15(24-23)12-13-17-16(18-14-19(17)26-25-18)10-7-4-5-8-11-20(21)22/h12-13,15-19,23H,2-11,14H2,1H3,(H,21,22)/t15?,16-,17-,18-,19-/m1/s1. The lowest BCUT2D eigenvalue weighted by Gasteiger charge is -2.28. The van der Waals surface area contributed by atoms with E-state index in [-0.39, 0.29) is 24.7 Å². The van der Waals surface area contributed by atoms with Gasteiger partial charge in [0.15, 0.2) is 0 Å². The number of carboxylic acids is 1. The molecule has 2 aliphatic rings. The first kappa shape index (κ1) is 21.4. The summed E-state index contributed by atoms with van der Waals surface area (Å²) in [6, 6.07) is 0. The SMILES string of the molecule is CCCCCC(C=C[C@@H]1[C@@H](CCCCCCC(=O)O)[C@H]2C[C@H]1OO2)OO. The van der Waals surface area contributed by atoms with Crippen LogP contribution in [0.3, 0.4) is 0 Å². The zero-order valence-electron chi connectivity index (χ0n) is 15.8. The molecule has 0 aromatic rings. The van der Waals surface area contributed by atoms with Gasteiger partial charge in [0.2, 0.25) is 0 Å². The number of hydrogen-bond acceptors (Lipinski definition) is 5. The van der Waals surface area contributed by atoms with E-state index in [2.05, 4.69) is 17.9 Å². The lowest BCUT2D eigenvalue weighted by atomic mass is 9.87. The van der Waals surface area contributed by atoms with E-state index in [0.29, 0.717) is 11.8 Å². The highest BCUT2D eigenvalue weighted by atomic mass is 17.2. The average Bonchev–Trinajstić information content (AvgIpc) is 3.22. The molecule has 0 amide bonds. The third-order valence-electron chi connectivity index (χ3n) is 5.62. The zero-order valence-corrected chi connectivity index (χ0v) is 15.8. The van der Waals surface area contributed by atoms with Gasteiger partial charge >= 0.3 is 5.97 Å². The fraction of sp³-hybridized carbons (Fsp3) is 0.850. The van der Waals surface area contributed by atoms with Gasteiger partial charge in [-0.05, 0) is 25.2 Å². The lowest BCUT2D eigenvalue weighted by molar-refractivity contribution is -0.337. The van der Waals surface area contributed by atoms with Crippen LogP contribution < -0.4 is 0 Å². The molecule has 1 saturated heterocycles. The van der Waals surface area contributed by atoms with Crippen LogP contribution in [-0.4, -0.2) is 34.6 Å². The van der Waals surface area contributed by atoms with Crippen molar-refractivity contribution >= 4 is 5.97 Å². The van der Waals surface area contributed by atoms with Crippen LogP contribution in [0.25, 0.3) is 0 Å². The molecule has 2 N–H and O–H groups in total. The van der Waals surface area contributed by atoms with Crippen LogP contribution in [-0.2, 0) is 19.5 Å². The fourth-order valence-electron chi connectivity index (χ4n) is 4.13. The summed E-state index contributed by atoms with van der Waals surface area (Å²) >= 11 is 0. The summed E-state index contributed by atoms with van der Waals surface area (Å²) < 4.78 is 0. The van der Waals surface area contributed by atoms with E-state index in [1.54, 1.807) is 0 Å². The second-order valence-electron chi connectivity index (χ2n) is 7.62. The van der Waals surface area contributed by atoms with Crippen LogP contribution in [0.15, 0.2) is 12.2 Å². The number of carboxylic acid groups (broad SMARTS) is 1. The van der Waals surface area contributed by atoms with Crippen LogP contribution in [0.4, 0.5) is 0 Å². The van der Waals surface area contributed by atoms with Crippen molar-refractivity contribution in [2.45, 2.75) is 95.9 Å². The fourth-order valence-corrected chi connectivity index (χ4v) is 4.13. The Hall–Kier alpha value is -0.950. The second kappa shape index (κ2) is 11.7. The van der Waals surface area contributed by atoms with Gasteiger partial charge in [0, 0.05) is 18.8 Å². The van der Waals surface area contributed by atoms with Crippen molar-refractivity contribution in [1.29, 1.82) is 0 Å². The van der Waals surface area contributed by atoms with Gasteiger partial charge in [-0.15, -0.1) is 0 Å². The van der Waals surface area contributed by atoms with Crippen molar-refractivity contribution in [2.24, 2.45) is 11.8 Å². The molecular weight excluding hydrogens is 336 g/mol. The van der Waals surface area contributed by atoms with Gasteiger partial charge in [0.1, 0.15) is 12.2 Å². The van der Waals surface area contributed by atoms with Crippen LogP contribution in [0.5, 0.6) is 0 Å². The minimum absolute atomic E-state index is 0.100. The van der Waals surface area contributed by atoms with E-state index in [1.807, 2.05) is 6.08 Å². The summed E-state index contributed by atoms with van der Waals surface area (Å²) in [6.45, 7) is 2.16. The molecule has 1 aliphatic carbocycles. The van der Waals surface area contributed by atoms with E-state index in [4.69, 9.17) is 20.1 Å². The van der Waals surface area contributed by atoms with E-state index >= 15 is 0 Å². The summed E-state index contributed by atoms with van der Waals surface area (Å²) in [4.78, 5) is 26.0. The molecule has 6 heteroatoms. The predicted octanol–water partition coefficient (Wildman–Crippen LogP) is 4.74. The number of fused-ring (bicyclic) bond motifs is 2. The maximum Gasteiger partial charge on any atom is 0.303 e. The number of aliphatic carboxylic acids is 1. The van der Waals surface area contributed by atoms with Crippen LogP contribution in [0, 0.1) is 11.8 Å². The highest BCUT2D eigenvalue weighted by Gasteiger charge is 2.49. The average molecular weight is 370 g/mol. The molecule has 0 aromatic carbocycles. The maximum absolute atomic E-state index is 10.5. The van der Waals surface area contributed by atoms with Gasteiger partial charge < -0.3 is 5.11 Å². The maximum atomic E-state index is 10.5. The normalized spacial score (nSPS) is 28.8. The minimum atomic E-state index is -0.714. The minimum Gasteiger partial charge on any atom is -0.481 e. The first-order valence-corrected chi connectivity index (χ1v) is 10.2. The Morgan fingerprint density at radius 2 is 1.92 bits per heavy atom. The number of rotatable bonds is 14. The summed E-state index contributed by atoms with van der Waals surface area (Å²) in [5, 5.41) is 17.8. The quantitative estimate of drug-likeness (QED) is 0.199. The molecule has 0 radical (unpaired) electrons. The van der Waals surface area contributed by atoms with Crippen molar-refractivity contribution < 1.29 is 29.8 Å². The molecule has 5 atom stereocenters. The topological polar surface area (TPSA) is 85.2 Å². The Morgan fingerprint density at radius 1 is 1.15 bits per heavy atom. The van der Waals surface area contributed by atoms with Crippen molar-refractivity contribution in [1.82, 2.24) is 0 Å². The van der Waals surface area contributed by atoms with Crippen molar-refractivity contribution in [2.75, 3.05) is 0 Å². The third-order valence-corrected chi connectivity index (χ3v) is 5.62. The van der Waals surface area contributed by atoms with E-state index in [9.17, 15) is 4.79 Å². The summed E-state index contributed by atoms with van der Waals surface area (Å²) in [7, 11) is 0. The molecule has 2 fully saturated rings. The molecule has 2 rings (SSSR count). The van der Waals surface area contributed by atoms with Crippen LogP contribution in [0.1, 0.15) is 77.6 Å². The zero-order chi connectivity index (χ0) is 18.8. The molecule has 1 saturated carbocycles. The molecule has 0 spiro atoms. The third kappa shape index (κ3) is 6.65. The van der Waals surface area contributed by atoms with Gasteiger partial charge in [-0.3, -0.25) is 10.1 Å². The second-order valence-corrected chi connectivity index (χ2v) is 7.62. The molecule has 1 unspecified atom stereocenters. The summed E-state index contributed by atoms with van der Waals surface area (Å²) in [5.74, 6) is 0.0181. The monoisotopic (exact) mass is 370 g/mol. The molecule has 1 aliphatic heterocycles. The first-order chi connectivity index (χ1) is 12.7. The smallest absolute Gasteiger partial charge is 0.303 e. The van der Waals surface area contributed by atoms with E-state index < -0.39 is 5.97 Å². The Balaban J connectivity index is 1.76. The molecule has 150 valence electrons. The highest BCUT2D eigenvalue weighted by Crippen LogP contribution is 2.45. The van der Waals surface area contributed by atoms with E-state index in [0.717, 1.165) is 64.2 Å². The molecule has 0 aromatic heterocycles. The van der Waals surface area contributed by atoms with Gasteiger partial charge in [0.25, 0.3) is 0 Å². The van der Waals surface area contributed by atoms with Crippen LogP contribution in [0.2, 0.25) is 0 Å². The van der Waals surface area contributed by atoms with Gasteiger partial charge in [0.05, 0.1) is 6.10 Å². The number of unbranched alkanes of at least 4 members (excludes halogenated alkanes) is 5. The molecule has 6 nitrogen and oxygen atoms in total. The Labute approximate surface area is 156 Å². The van der Waals surface area contributed by atoms with Crippen molar-refractivity contribution in [3.8, 4) is 0 Å². The largest absolute Gasteiger partial charge is 0.481 e. The summed E-state index contributed by atoms with van der Waals surface area (Å²) in [6.07, 6.45) is 14.4. The highest BCUT2D eigenvalue weighted by molar-refractivity contribution is 5.66. The number of carbonyl (C=O) groups is 1. The Morgan fingerprint density at radius 3 is 2.65 bits per heavy atom. The van der Waals surface area contributed by atoms with Crippen molar-refractivity contribution in [3.63, 3.8) is 0 Å². The molecule has 1 heterocycles. The number of hydrogen-bond donors (Lipinski definition) is 2. The Kier molecular flexibility index (Phi) is 9.61. The molecule has 2 bridgehead atoms. The van der Waals surface area contributed by atoms with Crippen molar-refractivity contribution in [3.05, 3.63) is 12.2 Å². The Bertz CT molecular complexity index is 438. The van der Waals surface area contributed by atoms with Gasteiger partial charge in [-0.25, -0.2) is 14.7 Å². The first-order valence-electron chi connectivity index (χ1n) is 10.2. The van der Waals surface area contributed by atoms with Gasteiger partial charge in [-0.2, -0.15) is 0 Å². The van der Waals surface area contributed by atoms with E-state index in [1.165, 1.54) is 0 Å². The molecular formula is C20H34O6. The summed E-state index contributed by atoms with van der Waals surface area (Å²) in [5.41, 5.74) is 0. The van der Waals surface area contributed by atoms with Crippen LogP contribution >= 0.6 is 0 Å². The predicted molar refractivity (Wildman–Crippen MR) is 97.5 cm³/mol. The lowest BCUT2D eigenvalue weighted by Crippen LogP contribution is -2.29.